The molecule has 0 bridgehead atoms. The Kier molecular flexibility index (Phi) is 1.92. The summed E-state index contributed by atoms with van der Waals surface area (Å²) in [5, 5.41) is 3.01. The number of aromatic nitrogens is 1. The Bertz CT molecular complexity index is 348. The van der Waals surface area contributed by atoms with E-state index in [0.29, 0.717) is 0 Å². The zero-order valence-corrected chi connectivity index (χ0v) is 7.56. The van der Waals surface area contributed by atoms with Crippen LogP contribution in [0.25, 0.3) is 10.6 Å². The summed E-state index contributed by atoms with van der Waals surface area (Å²) in [4.78, 5) is 4.20. The molecule has 0 aliphatic heterocycles. The maximum atomic E-state index is 4.20. The zero-order chi connectivity index (χ0) is 8.39. The lowest BCUT2D eigenvalue weighted by molar-refractivity contribution is 1.40. The van der Waals surface area contributed by atoms with E-state index in [-0.39, 0.29) is 0 Å². The van der Waals surface area contributed by atoms with Gasteiger partial charge in [-0.2, -0.15) is 0 Å². The van der Waals surface area contributed by atoms with Crippen molar-refractivity contribution in [1.29, 1.82) is 0 Å². The Hall–Kier alpha value is -1.15. The van der Waals surface area contributed by atoms with Gasteiger partial charge in [0.15, 0.2) is 0 Å². The number of nitrogens with zero attached hydrogens (tertiary/aromatic N) is 1. The number of rotatable bonds is 1. The van der Waals surface area contributed by atoms with Gasteiger partial charge in [-0.15, -0.1) is 11.3 Å². The molecule has 0 aliphatic rings. The number of hydrogen-bond donors (Lipinski definition) is 0. The van der Waals surface area contributed by atoms with Crippen molar-refractivity contribution < 1.29 is 0 Å². The van der Waals surface area contributed by atoms with E-state index in [1.54, 1.807) is 11.3 Å². The Morgan fingerprint density at radius 3 is 2.92 bits per heavy atom. The summed E-state index contributed by atoms with van der Waals surface area (Å²) in [5.41, 5.74) is 2.31. The van der Waals surface area contributed by atoms with Crippen LogP contribution >= 0.6 is 11.3 Å². The molecule has 2 heteroatoms. The second kappa shape index (κ2) is 3.07. The molecular formula is C10H8NS. The summed E-state index contributed by atoms with van der Waals surface area (Å²) in [7, 11) is 0. The van der Waals surface area contributed by atoms with E-state index >= 15 is 0 Å². The van der Waals surface area contributed by atoms with E-state index in [1.807, 2.05) is 23.7 Å². The van der Waals surface area contributed by atoms with Gasteiger partial charge in [-0.3, -0.25) is 0 Å². The molecule has 1 aromatic carbocycles. The van der Waals surface area contributed by atoms with Crippen molar-refractivity contribution >= 4 is 11.3 Å². The highest BCUT2D eigenvalue weighted by atomic mass is 32.1. The molecule has 1 heterocycles. The summed E-state index contributed by atoms with van der Waals surface area (Å²) < 4.78 is 0. The smallest absolute Gasteiger partial charge is 0.123 e. The molecule has 2 rings (SSSR count). The minimum absolute atomic E-state index is 1.04. The van der Waals surface area contributed by atoms with E-state index in [9.17, 15) is 0 Å². The minimum Gasteiger partial charge on any atom is -0.245 e. The first kappa shape index (κ1) is 7.50. The van der Waals surface area contributed by atoms with E-state index in [4.69, 9.17) is 0 Å². The number of thiazole rings is 1. The predicted octanol–water partition coefficient (Wildman–Crippen LogP) is 2.92. The molecule has 0 spiro atoms. The molecule has 0 amide bonds. The van der Waals surface area contributed by atoms with Crippen molar-refractivity contribution in [3.05, 3.63) is 41.4 Å². The molecule has 0 N–H and O–H groups in total. The normalized spacial score (nSPS) is 10.1. The molecule has 1 nitrogen and oxygen atoms in total. The number of benzene rings is 1. The molecule has 0 atom stereocenters. The molecule has 0 saturated heterocycles. The van der Waals surface area contributed by atoms with Gasteiger partial charge in [0.25, 0.3) is 0 Å². The Morgan fingerprint density at radius 2 is 2.33 bits per heavy atom. The quantitative estimate of drug-likeness (QED) is 0.647. The summed E-state index contributed by atoms with van der Waals surface area (Å²) in [6.45, 7) is 2.06. The maximum Gasteiger partial charge on any atom is 0.123 e. The molecule has 12 heavy (non-hydrogen) atoms. The Labute approximate surface area is 75.7 Å². The average Bonchev–Trinajstić information content (AvgIpc) is 2.58. The fourth-order valence-corrected chi connectivity index (χ4v) is 1.62. The third-order valence-electron chi connectivity index (χ3n) is 1.63. The maximum absolute atomic E-state index is 4.20. The fourth-order valence-electron chi connectivity index (χ4n) is 0.992. The molecule has 0 aliphatic carbocycles. The minimum atomic E-state index is 1.04. The number of hydrogen-bond acceptors (Lipinski definition) is 2. The average molecular weight is 174 g/mol. The summed E-state index contributed by atoms with van der Waals surface area (Å²) in [6.07, 6.45) is 1.81. The third-order valence-corrected chi connectivity index (χ3v) is 2.44. The first-order valence-electron chi connectivity index (χ1n) is 3.74. The van der Waals surface area contributed by atoms with Crippen LogP contribution in [0.4, 0.5) is 0 Å². The van der Waals surface area contributed by atoms with Crippen LogP contribution in [0.1, 0.15) is 5.56 Å². The van der Waals surface area contributed by atoms with Crippen LogP contribution in [-0.2, 0) is 0 Å². The van der Waals surface area contributed by atoms with Crippen molar-refractivity contribution in [2.45, 2.75) is 6.92 Å². The highest BCUT2D eigenvalue weighted by Crippen LogP contribution is 2.20. The highest BCUT2D eigenvalue weighted by Gasteiger charge is 1.98. The Morgan fingerprint density at radius 1 is 1.42 bits per heavy atom. The predicted molar refractivity (Wildman–Crippen MR) is 51.1 cm³/mol. The van der Waals surface area contributed by atoms with Crippen molar-refractivity contribution in [1.82, 2.24) is 4.98 Å². The van der Waals surface area contributed by atoms with Crippen LogP contribution in [0.5, 0.6) is 0 Å². The lowest BCUT2D eigenvalue weighted by Crippen LogP contribution is -1.76. The van der Waals surface area contributed by atoms with Gasteiger partial charge >= 0.3 is 0 Å². The van der Waals surface area contributed by atoms with Crippen molar-refractivity contribution in [3.63, 3.8) is 0 Å². The van der Waals surface area contributed by atoms with Gasteiger partial charge in [0.1, 0.15) is 5.01 Å². The van der Waals surface area contributed by atoms with Crippen molar-refractivity contribution in [3.8, 4) is 10.6 Å². The van der Waals surface area contributed by atoms with E-state index in [1.165, 1.54) is 5.56 Å². The Balaban J connectivity index is 2.43. The van der Waals surface area contributed by atoms with Crippen molar-refractivity contribution in [2.75, 3.05) is 0 Å². The van der Waals surface area contributed by atoms with Crippen LogP contribution in [-0.4, -0.2) is 4.98 Å². The molecule has 1 aromatic heterocycles. The summed E-state index contributed by atoms with van der Waals surface area (Å²) in [5.74, 6) is 0. The second-order valence-corrected chi connectivity index (χ2v) is 3.51. The second-order valence-electron chi connectivity index (χ2n) is 2.62. The SMILES string of the molecule is Cc1c[c]c(-c2nccs2)cc1. The molecule has 59 valence electrons. The van der Waals surface area contributed by atoms with E-state index in [2.05, 4.69) is 24.0 Å². The standard InChI is InChI=1S/C10H8NS/c1-8-2-4-9(5-3-8)10-11-6-7-12-10/h2-4,6-7H,1H3. The summed E-state index contributed by atoms with van der Waals surface area (Å²) >= 11 is 1.64. The van der Waals surface area contributed by atoms with Gasteiger partial charge in [0.05, 0.1) is 0 Å². The first-order valence-corrected chi connectivity index (χ1v) is 4.62. The van der Waals surface area contributed by atoms with Gasteiger partial charge in [-0.1, -0.05) is 23.8 Å². The molecule has 1 radical (unpaired) electrons. The van der Waals surface area contributed by atoms with Crippen LogP contribution in [0.15, 0.2) is 29.8 Å². The monoisotopic (exact) mass is 174 g/mol. The highest BCUT2D eigenvalue weighted by molar-refractivity contribution is 7.13. The largest absolute Gasteiger partial charge is 0.245 e. The molecule has 0 saturated carbocycles. The van der Waals surface area contributed by atoms with Crippen LogP contribution in [0.3, 0.4) is 0 Å². The molecule has 0 unspecified atom stereocenters. The lowest BCUT2D eigenvalue weighted by Gasteiger charge is -1.94. The zero-order valence-electron chi connectivity index (χ0n) is 6.74. The third kappa shape index (κ3) is 1.38. The molecule has 0 fully saturated rings. The van der Waals surface area contributed by atoms with Gasteiger partial charge in [0, 0.05) is 17.1 Å². The summed E-state index contributed by atoms with van der Waals surface area (Å²) in [6, 6.07) is 9.30. The van der Waals surface area contributed by atoms with Gasteiger partial charge < -0.3 is 0 Å². The lowest BCUT2D eigenvalue weighted by atomic mass is 10.2. The van der Waals surface area contributed by atoms with Crippen LogP contribution < -0.4 is 0 Å². The number of aryl methyl sites for hydroxylation is 1. The van der Waals surface area contributed by atoms with E-state index < -0.39 is 0 Å². The fraction of sp³-hybridized carbons (Fsp3) is 0.100. The van der Waals surface area contributed by atoms with Gasteiger partial charge in [-0.05, 0) is 13.0 Å². The van der Waals surface area contributed by atoms with E-state index in [0.717, 1.165) is 10.6 Å². The van der Waals surface area contributed by atoms with Crippen LogP contribution in [0.2, 0.25) is 0 Å². The van der Waals surface area contributed by atoms with Crippen LogP contribution in [0, 0.1) is 13.0 Å². The van der Waals surface area contributed by atoms with Gasteiger partial charge in [-0.25, -0.2) is 4.98 Å². The first-order chi connectivity index (χ1) is 5.86. The molecular weight excluding hydrogens is 166 g/mol. The molecule has 2 aromatic rings. The van der Waals surface area contributed by atoms with Gasteiger partial charge in [0.2, 0.25) is 0 Å². The van der Waals surface area contributed by atoms with Crippen molar-refractivity contribution in [2.24, 2.45) is 0 Å². The topological polar surface area (TPSA) is 12.9 Å².